The highest BCUT2D eigenvalue weighted by molar-refractivity contribution is 5.81. The van der Waals surface area contributed by atoms with Crippen LogP contribution < -0.4 is 11.1 Å². The molecule has 0 saturated heterocycles. The normalized spacial score (nSPS) is 11.9. The Hall–Kier alpha value is -1.96. The van der Waals surface area contributed by atoms with Gasteiger partial charge in [0, 0.05) is 19.4 Å². The van der Waals surface area contributed by atoms with E-state index in [9.17, 15) is 9.59 Å². The molecule has 0 saturated carbocycles. The zero-order valence-electron chi connectivity index (χ0n) is 11.6. The Morgan fingerprint density at radius 1 is 1.30 bits per heavy atom. The van der Waals surface area contributed by atoms with Gasteiger partial charge in [-0.15, -0.1) is 20.4 Å². The van der Waals surface area contributed by atoms with Crippen molar-refractivity contribution in [1.29, 1.82) is 0 Å². The molecule has 1 unspecified atom stereocenters. The summed E-state index contributed by atoms with van der Waals surface area (Å²) in [6.07, 6.45) is 4.24. The standard InChI is InChI=1S/C12H20N6O2/c1-9(19)10(13)4-2-3-7-14-12(20)6-5-11-17-15-8-16-18-11/h8,10H,2-7,13H2,1H3,(H,14,20). The van der Waals surface area contributed by atoms with E-state index in [1.807, 2.05) is 0 Å². The van der Waals surface area contributed by atoms with Crippen molar-refractivity contribution < 1.29 is 9.59 Å². The van der Waals surface area contributed by atoms with Gasteiger partial charge in [-0.25, -0.2) is 0 Å². The number of carbonyl (C=O) groups is 2. The predicted octanol–water partition coefficient (Wildman–Crippen LogP) is -0.598. The molecular weight excluding hydrogens is 260 g/mol. The molecular formula is C12H20N6O2. The third kappa shape index (κ3) is 6.83. The first-order valence-electron chi connectivity index (χ1n) is 6.61. The van der Waals surface area contributed by atoms with E-state index >= 15 is 0 Å². The fraction of sp³-hybridized carbons (Fsp3) is 0.667. The quantitative estimate of drug-likeness (QED) is 0.579. The number of carbonyl (C=O) groups excluding carboxylic acids is 2. The smallest absolute Gasteiger partial charge is 0.220 e. The molecule has 0 bridgehead atoms. The highest BCUT2D eigenvalue weighted by Crippen LogP contribution is 1.99. The first-order chi connectivity index (χ1) is 9.59. The monoisotopic (exact) mass is 280 g/mol. The second-order valence-corrected chi connectivity index (χ2v) is 4.53. The summed E-state index contributed by atoms with van der Waals surface area (Å²) < 4.78 is 0. The van der Waals surface area contributed by atoms with Crippen LogP contribution in [0.2, 0.25) is 0 Å². The van der Waals surface area contributed by atoms with Gasteiger partial charge in [0.05, 0.1) is 6.04 Å². The molecule has 8 nitrogen and oxygen atoms in total. The van der Waals surface area contributed by atoms with Crippen LogP contribution in [0.3, 0.4) is 0 Å². The SMILES string of the molecule is CC(=O)C(N)CCCCNC(=O)CCc1nncnn1. The number of hydrogen-bond donors (Lipinski definition) is 2. The average Bonchev–Trinajstić information content (AvgIpc) is 2.45. The second-order valence-electron chi connectivity index (χ2n) is 4.53. The van der Waals surface area contributed by atoms with Crippen molar-refractivity contribution in [2.24, 2.45) is 5.73 Å². The van der Waals surface area contributed by atoms with Crippen molar-refractivity contribution in [3.63, 3.8) is 0 Å². The lowest BCUT2D eigenvalue weighted by atomic mass is 10.1. The van der Waals surface area contributed by atoms with Gasteiger partial charge in [-0.05, 0) is 26.2 Å². The number of nitrogens with zero attached hydrogens (tertiary/aromatic N) is 4. The first kappa shape index (κ1) is 16.1. The Kier molecular flexibility index (Phi) is 7.26. The van der Waals surface area contributed by atoms with Gasteiger partial charge in [-0.3, -0.25) is 9.59 Å². The van der Waals surface area contributed by atoms with Gasteiger partial charge in [0.15, 0.2) is 12.2 Å². The van der Waals surface area contributed by atoms with E-state index in [2.05, 4.69) is 25.7 Å². The van der Waals surface area contributed by atoms with Crippen molar-refractivity contribution in [3.8, 4) is 0 Å². The minimum Gasteiger partial charge on any atom is -0.356 e. The third-order valence-corrected chi connectivity index (χ3v) is 2.81. The summed E-state index contributed by atoms with van der Waals surface area (Å²) in [6.45, 7) is 2.07. The number of ketones is 1. The molecule has 0 aromatic carbocycles. The second kappa shape index (κ2) is 9.03. The Morgan fingerprint density at radius 2 is 2.00 bits per heavy atom. The molecule has 110 valence electrons. The number of nitrogens with one attached hydrogen (secondary N) is 1. The average molecular weight is 280 g/mol. The number of Topliss-reactive ketones (excluding diaryl/α,β-unsaturated/α-hetero) is 1. The number of hydrogen-bond acceptors (Lipinski definition) is 7. The Balaban J connectivity index is 2.05. The number of rotatable bonds is 9. The molecule has 0 aliphatic heterocycles. The lowest BCUT2D eigenvalue weighted by Crippen LogP contribution is -2.29. The van der Waals surface area contributed by atoms with Crippen LogP contribution in [0.1, 0.15) is 38.4 Å². The van der Waals surface area contributed by atoms with Gasteiger partial charge >= 0.3 is 0 Å². The van der Waals surface area contributed by atoms with Crippen LogP contribution in [-0.4, -0.2) is 44.7 Å². The zero-order chi connectivity index (χ0) is 14.8. The molecule has 1 atom stereocenters. The van der Waals surface area contributed by atoms with Crippen molar-refractivity contribution in [2.45, 2.75) is 45.1 Å². The number of aryl methyl sites for hydroxylation is 1. The van der Waals surface area contributed by atoms with E-state index in [0.717, 1.165) is 12.8 Å². The van der Waals surface area contributed by atoms with Gasteiger partial charge in [-0.2, -0.15) is 0 Å². The Bertz CT molecular complexity index is 425. The van der Waals surface area contributed by atoms with Gasteiger partial charge in [0.25, 0.3) is 0 Å². The van der Waals surface area contributed by atoms with Crippen LogP contribution in [-0.2, 0) is 16.0 Å². The zero-order valence-corrected chi connectivity index (χ0v) is 11.6. The Labute approximate surface area is 117 Å². The van der Waals surface area contributed by atoms with Gasteiger partial charge < -0.3 is 11.1 Å². The van der Waals surface area contributed by atoms with Crippen LogP contribution in [0.4, 0.5) is 0 Å². The number of unbranched alkanes of at least 4 members (excludes halogenated alkanes) is 1. The Morgan fingerprint density at radius 3 is 2.65 bits per heavy atom. The van der Waals surface area contributed by atoms with E-state index in [4.69, 9.17) is 5.73 Å². The molecule has 0 spiro atoms. The van der Waals surface area contributed by atoms with E-state index in [1.54, 1.807) is 0 Å². The molecule has 1 amide bonds. The third-order valence-electron chi connectivity index (χ3n) is 2.81. The lowest BCUT2D eigenvalue weighted by molar-refractivity contribution is -0.121. The molecule has 0 fully saturated rings. The molecule has 1 heterocycles. The highest BCUT2D eigenvalue weighted by Gasteiger charge is 2.07. The molecule has 8 heteroatoms. The maximum atomic E-state index is 11.5. The molecule has 1 aromatic heterocycles. The fourth-order valence-electron chi connectivity index (χ4n) is 1.56. The highest BCUT2D eigenvalue weighted by atomic mass is 16.1. The number of nitrogens with two attached hydrogens (primary N) is 1. The van der Waals surface area contributed by atoms with Gasteiger partial charge in [-0.1, -0.05) is 0 Å². The number of aromatic nitrogens is 4. The molecule has 20 heavy (non-hydrogen) atoms. The van der Waals surface area contributed by atoms with Crippen LogP contribution in [0.5, 0.6) is 0 Å². The fourth-order valence-corrected chi connectivity index (χ4v) is 1.56. The summed E-state index contributed by atoms with van der Waals surface area (Å²) in [5.41, 5.74) is 5.61. The van der Waals surface area contributed by atoms with Crippen LogP contribution in [0, 0.1) is 0 Å². The molecule has 1 rings (SSSR count). The van der Waals surface area contributed by atoms with E-state index in [0.29, 0.717) is 31.6 Å². The lowest BCUT2D eigenvalue weighted by Gasteiger charge is -2.08. The molecule has 0 aliphatic carbocycles. The summed E-state index contributed by atoms with van der Waals surface area (Å²) in [5, 5.41) is 17.5. The predicted molar refractivity (Wildman–Crippen MR) is 71.5 cm³/mol. The summed E-state index contributed by atoms with van der Waals surface area (Å²) in [5.74, 6) is 0.391. The topological polar surface area (TPSA) is 124 Å². The molecule has 3 N–H and O–H groups in total. The maximum absolute atomic E-state index is 11.5. The first-order valence-corrected chi connectivity index (χ1v) is 6.61. The van der Waals surface area contributed by atoms with Crippen molar-refractivity contribution in [3.05, 3.63) is 12.2 Å². The largest absolute Gasteiger partial charge is 0.356 e. The summed E-state index contributed by atoms with van der Waals surface area (Å²) >= 11 is 0. The van der Waals surface area contributed by atoms with Crippen molar-refractivity contribution in [2.75, 3.05) is 6.54 Å². The van der Waals surface area contributed by atoms with Crippen LogP contribution >= 0.6 is 0 Å². The van der Waals surface area contributed by atoms with Crippen LogP contribution in [0.15, 0.2) is 6.33 Å². The summed E-state index contributed by atoms with van der Waals surface area (Å²) in [4.78, 5) is 22.5. The summed E-state index contributed by atoms with van der Waals surface area (Å²) in [7, 11) is 0. The minimum atomic E-state index is -0.388. The molecule has 0 radical (unpaired) electrons. The van der Waals surface area contributed by atoms with E-state index < -0.39 is 0 Å². The van der Waals surface area contributed by atoms with Crippen molar-refractivity contribution in [1.82, 2.24) is 25.7 Å². The van der Waals surface area contributed by atoms with E-state index in [1.165, 1.54) is 13.3 Å². The van der Waals surface area contributed by atoms with E-state index in [-0.39, 0.29) is 17.7 Å². The van der Waals surface area contributed by atoms with Gasteiger partial charge in [0.2, 0.25) is 5.91 Å². The molecule has 0 aliphatic rings. The maximum Gasteiger partial charge on any atom is 0.220 e. The van der Waals surface area contributed by atoms with Crippen LogP contribution in [0.25, 0.3) is 0 Å². The van der Waals surface area contributed by atoms with Crippen molar-refractivity contribution >= 4 is 11.7 Å². The number of amides is 1. The summed E-state index contributed by atoms with van der Waals surface area (Å²) in [6, 6.07) is -0.388. The van der Waals surface area contributed by atoms with Gasteiger partial charge in [0.1, 0.15) is 5.78 Å². The minimum absolute atomic E-state index is 0.000819. The molecule has 1 aromatic rings.